The Balaban J connectivity index is 0.00000264. The number of rotatable bonds is 6. The Bertz CT molecular complexity index is 376. The van der Waals surface area contributed by atoms with Crippen molar-refractivity contribution in [1.82, 2.24) is 10.2 Å². The van der Waals surface area contributed by atoms with Crippen LogP contribution in [0.4, 0.5) is 0 Å². The number of carbonyl (C=O) groups is 1. The van der Waals surface area contributed by atoms with E-state index in [4.69, 9.17) is 0 Å². The highest BCUT2D eigenvalue weighted by Crippen LogP contribution is 2.35. The SMILES string of the molecule is CN=C(NCCCCCC(=O)OC)N1CC2CCCCC2C1.I. The molecule has 0 bridgehead atoms. The summed E-state index contributed by atoms with van der Waals surface area (Å²) in [5.41, 5.74) is 0. The van der Waals surface area contributed by atoms with Gasteiger partial charge in [0.1, 0.15) is 0 Å². The molecule has 5 nitrogen and oxygen atoms in total. The van der Waals surface area contributed by atoms with Crippen LogP contribution < -0.4 is 5.32 Å². The van der Waals surface area contributed by atoms with Crippen molar-refractivity contribution < 1.29 is 9.53 Å². The molecule has 2 aliphatic rings. The van der Waals surface area contributed by atoms with E-state index in [2.05, 4.69) is 19.9 Å². The van der Waals surface area contributed by atoms with Crippen molar-refractivity contribution >= 4 is 35.9 Å². The Kier molecular flexibility index (Phi) is 9.90. The summed E-state index contributed by atoms with van der Waals surface area (Å²) >= 11 is 0. The van der Waals surface area contributed by atoms with Crippen LogP contribution in [0.5, 0.6) is 0 Å². The van der Waals surface area contributed by atoms with Crippen LogP contribution >= 0.6 is 24.0 Å². The van der Waals surface area contributed by atoms with Crippen molar-refractivity contribution in [3.05, 3.63) is 0 Å². The maximum absolute atomic E-state index is 11.0. The highest BCUT2D eigenvalue weighted by Gasteiger charge is 2.35. The van der Waals surface area contributed by atoms with E-state index in [0.717, 1.165) is 43.6 Å². The van der Waals surface area contributed by atoms with Gasteiger partial charge in [-0.2, -0.15) is 0 Å². The number of nitrogens with one attached hydrogen (secondary N) is 1. The topological polar surface area (TPSA) is 53.9 Å². The summed E-state index contributed by atoms with van der Waals surface area (Å²) in [6, 6.07) is 0. The quantitative estimate of drug-likeness (QED) is 0.228. The third kappa shape index (κ3) is 6.47. The van der Waals surface area contributed by atoms with Gasteiger partial charge in [-0.15, -0.1) is 24.0 Å². The van der Waals surface area contributed by atoms with Crippen LogP contribution in [0.15, 0.2) is 4.99 Å². The molecule has 0 aromatic heterocycles. The number of methoxy groups -OCH3 is 1. The van der Waals surface area contributed by atoms with Crippen LogP contribution in [-0.4, -0.2) is 50.6 Å². The van der Waals surface area contributed by atoms with Gasteiger partial charge in [0.15, 0.2) is 5.96 Å². The van der Waals surface area contributed by atoms with Crippen molar-refractivity contribution in [3.63, 3.8) is 0 Å². The third-order valence-electron chi connectivity index (χ3n) is 5.06. The number of nitrogens with zero attached hydrogens (tertiary/aromatic N) is 2. The first-order valence-corrected chi connectivity index (χ1v) is 8.77. The molecule has 1 saturated heterocycles. The second kappa shape index (κ2) is 11.1. The fourth-order valence-electron chi connectivity index (χ4n) is 3.78. The number of unbranched alkanes of at least 4 members (excludes halogenated alkanes) is 2. The third-order valence-corrected chi connectivity index (χ3v) is 5.06. The van der Waals surface area contributed by atoms with E-state index in [1.54, 1.807) is 0 Å². The summed E-state index contributed by atoms with van der Waals surface area (Å²) in [6.07, 6.45) is 9.14. The Morgan fingerprint density at radius 3 is 2.39 bits per heavy atom. The number of ether oxygens (including phenoxy) is 1. The number of hydrogen-bond acceptors (Lipinski definition) is 3. The van der Waals surface area contributed by atoms with Gasteiger partial charge in [-0.3, -0.25) is 9.79 Å². The number of aliphatic imine (C=N–C) groups is 1. The van der Waals surface area contributed by atoms with E-state index >= 15 is 0 Å². The van der Waals surface area contributed by atoms with Gasteiger partial charge in [-0.1, -0.05) is 19.3 Å². The first-order chi connectivity index (χ1) is 10.7. The van der Waals surface area contributed by atoms with Crippen LogP contribution in [-0.2, 0) is 9.53 Å². The number of guanidine groups is 1. The summed E-state index contributed by atoms with van der Waals surface area (Å²) in [5, 5.41) is 3.48. The minimum atomic E-state index is -0.108. The number of hydrogen-bond donors (Lipinski definition) is 1. The van der Waals surface area contributed by atoms with Gasteiger partial charge in [0.05, 0.1) is 7.11 Å². The van der Waals surface area contributed by atoms with E-state index in [1.807, 2.05) is 7.05 Å². The maximum atomic E-state index is 11.0. The number of likely N-dealkylation sites (tertiary alicyclic amines) is 1. The van der Waals surface area contributed by atoms with Crippen molar-refractivity contribution in [2.45, 2.75) is 51.4 Å². The Labute approximate surface area is 157 Å². The molecule has 2 rings (SSSR count). The molecule has 1 N–H and O–H groups in total. The average molecular weight is 437 g/mol. The minimum Gasteiger partial charge on any atom is -0.469 e. The molecule has 0 spiro atoms. The lowest BCUT2D eigenvalue weighted by molar-refractivity contribution is -0.140. The zero-order chi connectivity index (χ0) is 15.8. The highest BCUT2D eigenvalue weighted by atomic mass is 127. The van der Waals surface area contributed by atoms with E-state index in [9.17, 15) is 4.79 Å². The first kappa shape index (κ1) is 20.5. The largest absolute Gasteiger partial charge is 0.469 e. The normalized spacial score (nSPS) is 23.9. The van der Waals surface area contributed by atoms with Crippen molar-refractivity contribution in [2.24, 2.45) is 16.8 Å². The summed E-state index contributed by atoms with van der Waals surface area (Å²) < 4.78 is 4.65. The number of halogens is 1. The van der Waals surface area contributed by atoms with Gasteiger partial charge in [0.2, 0.25) is 0 Å². The summed E-state index contributed by atoms with van der Waals surface area (Å²) in [5.74, 6) is 2.71. The molecule has 1 saturated carbocycles. The van der Waals surface area contributed by atoms with Crippen LogP contribution in [0.3, 0.4) is 0 Å². The smallest absolute Gasteiger partial charge is 0.305 e. The standard InChI is InChI=1S/C17H31N3O2.HI/c1-18-17(19-11-7-3-4-10-16(21)22-2)20-12-14-8-5-6-9-15(14)13-20;/h14-15H,3-13H2,1-2H3,(H,18,19);1H. The molecule has 2 fully saturated rings. The lowest BCUT2D eigenvalue weighted by atomic mass is 9.82. The monoisotopic (exact) mass is 437 g/mol. The molecule has 6 heteroatoms. The molecule has 0 aromatic rings. The summed E-state index contributed by atoms with van der Waals surface area (Å²) in [6.45, 7) is 3.28. The zero-order valence-electron chi connectivity index (χ0n) is 14.6. The Hall–Kier alpha value is -0.530. The van der Waals surface area contributed by atoms with E-state index in [0.29, 0.717) is 6.42 Å². The van der Waals surface area contributed by atoms with Crippen LogP contribution in [0, 0.1) is 11.8 Å². The van der Waals surface area contributed by atoms with Gasteiger partial charge in [0.25, 0.3) is 0 Å². The number of fused-ring (bicyclic) bond motifs is 1. The molecule has 0 aromatic carbocycles. The molecular formula is C17H32IN3O2. The molecule has 2 unspecified atom stereocenters. The van der Waals surface area contributed by atoms with E-state index < -0.39 is 0 Å². The highest BCUT2D eigenvalue weighted by molar-refractivity contribution is 14.0. The Morgan fingerprint density at radius 2 is 1.83 bits per heavy atom. The van der Waals surface area contributed by atoms with Crippen molar-refractivity contribution in [1.29, 1.82) is 0 Å². The molecule has 2 atom stereocenters. The van der Waals surface area contributed by atoms with Gasteiger partial charge >= 0.3 is 5.97 Å². The molecule has 134 valence electrons. The first-order valence-electron chi connectivity index (χ1n) is 8.77. The minimum absolute atomic E-state index is 0. The van der Waals surface area contributed by atoms with Gasteiger partial charge in [-0.25, -0.2) is 0 Å². The van der Waals surface area contributed by atoms with E-state index in [-0.39, 0.29) is 29.9 Å². The van der Waals surface area contributed by atoms with Gasteiger partial charge in [0, 0.05) is 33.1 Å². The summed E-state index contributed by atoms with van der Waals surface area (Å²) in [4.78, 5) is 17.9. The molecule has 1 aliphatic carbocycles. The van der Waals surface area contributed by atoms with Crippen LogP contribution in [0.2, 0.25) is 0 Å². The molecular weight excluding hydrogens is 405 g/mol. The van der Waals surface area contributed by atoms with Crippen LogP contribution in [0.25, 0.3) is 0 Å². The fraction of sp³-hybridized carbons (Fsp3) is 0.882. The second-order valence-corrected chi connectivity index (χ2v) is 6.57. The van der Waals surface area contributed by atoms with E-state index in [1.165, 1.54) is 45.9 Å². The average Bonchev–Trinajstić information content (AvgIpc) is 2.97. The lowest BCUT2D eigenvalue weighted by Crippen LogP contribution is -2.40. The van der Waals surface area contributed by atoms with Crippen molar-refractivity contribution in [2.75, 3.05) is 33.8 Å². The van der Waals surface area contributed by atoms with Gasteiger partial charge in [-0.05, 0) is 37.5 Å². The zero-order valence-corrected chi connectivity index (χ0v) is 16.9. The van der Waals surface area contributed by atoms with Crippen LogP contribution in [0.1, 0.15) is 51.4 Å². The molecule has 0 amide bonds. The molecule has 1 heterocycles. The fourth-order valence-corrected chi connectivity index (χ4v) is 3.78. The lowest BCUT2D eigenvalue weighted by Gasteiger charge is -2.22. The number of carbonyl (C=O) groups excluding carboxylic acids is 1. The predicted octanol–water partition coefficient (Wildman–Crippen LogP) is 3.04. The summed E-state index contributed by atoms with van der Waals surface area (Å²) in [7, 11) is 3.32. The van der Waals surface area contributed by atoms with Gasteiger partial charge < -0.3 is 15.0 Å². The Morgan fingerprint density at radius 1 is 1.17 bits per heavy atom. The maximum Gasteiger partial charge on any atom is 0.305 e. The predicted molar refractivity (Wildman–Crippen MR) is 104 cm³/mol. The molecule has 0 radical (unpaired) electrons. The molecule has 1 aliphatic heterocycles. The van der Waals surface area contributed by atoms with Crippen molar-refractivity contribution in [3.8, 4) is 0 Å². The molecule has 23 heavy (non-hydrogen) atoms. The number of esters is 1. The second-order valence-electron chi connectivity index (χ2n) is 6.57.